The zero-order chi connectivity index (χ0) is 17.8. The average molecular weight is 358 g/mol. The van der Waals surface area contributed by atoms with Gasteiger partial charge in [-0.15, -0.1) is 11.3 Å². The summed E-state index contributed by atoms with van der Waals surface area (Å²) in [5, 5.41) is 5.83. The second kappa shape index (κ2) is 7.25. The van der Waals surface area contributed by atoms with Gasteiger partial charge in [0, 0.05) is 34.6 Å². The van der Waals surface area contributed by atoms with Crippen LogP contribution in [-0.2, 0) is 0 Å². The largest absolute Gasteiger partial charge is 0.321 e. The van der Waals surface area contributed by atoms with Crippen LogP contribution in [-0.4, -0.2) is 20.9 Å². The molecule has 4 aromatic rings. The third-order valence-electron chi connectivity index (χ3n) is 3.76. The van der Waals surface area contributed by atoms with Crippen LogP contribution < -0.4 is 5.32 Å². The van der Waals surface area contributed by atoms with E-state index in [9.17, 15) is 4.79 Å². The summed E-state index contributed by atoms with van der Waals surface area (Å²) in [7, 11) is 0. The van der Waals surface area contributed by atoms with Crippen molar-refractivity contribution in [3.8, 4) is 21.8 Å². The Morgan fingerprint density at radius 2 is 1.73 bits per heavy atom. The van der Waals surface area contributed by atoms with Crippen molar-refractivity contribution in [2.75, 3.05) is 5.32 Å². The SMILES string of the molecule is O=C(Nc1ccc(-c2csc(-c3ccccc3)n2)cc1)c1cnccn1. The van der Waals surface area contributed by atoms with Gasteiger partial charge in [-0.05, 0) is 12.1 Å². The quantitative estimate of drug-likeness (QED) is 0.582. The van der Waals surface area contributed by atoms with Crippen molar-refractivity contribution in [1.29, 1.82) is 0 Å². The van der Waals surface area contributed by atoms with Crippen molar-refractivity contribution in [3.63, 3.8) is 0 Å². The van der Waals surface area contributed by atoms with Crippen LogP contribution in [0.5, 0.6) is 0 Å². The van der Waals surface area contributed by atoms with Crippen LogP contribution in [0.2, 0.25) is 0 Å². The lowest BCUT2D eigenvalue weighted by molar-refractivity contribution is 0.102. The van der Waals surface area contributed by atoms with Crippen LogP contribution in [0, 0.1) is 0 Å². The molecule has 0 unspecified atom stereocenters. The molecule has 5 nitrogen and oxygen atoms in total. The van der Waals surface area contributed by atoms with Crippen LogP contribution in [0.1, 0.15) is 10.5 Å². The van der Waals surface area contributed by atoms with Crippen LogP contribution in [0.3, 0.4) is 0 Å². The lowest BCUT2D eigenvalue weighted by Gasteiger charge is -2.05. The Kier molecular flexibility index (Phi) is 4.49. The monoisotopic (exact) mass is 358 g/mol. The van der Waals surface area contributed by atoms with Crippen LogP contribution >= 0.6 is 11.3 Å². The topological polar surface area (TPSA) is 67.8 Å². The Morgan fingerprint density at radius 1 is 0.923 bits per heavy atom. The Morgan fingerprint density at radius 3 is 2.46 bits per heavy atom. The molecule has 0 atom stereocenters. The molecular weight excluding hydrogens is 344 g/mol. The fourth-order valence-electron chi connectivity index (χ4n) is 2.46. The molecule has 2 aromatic carbocycles. The number of hydrogen-bond acceptors (Lipinski definition) is 5. The highest BCUT2D eigenvalue weighted by Crippen LogP contribution is 2.29. The maximum atomic E-state index is 12.1. The second-order valence-corrected chi connectivity index (χ2v) is 6.38. The summed E-state index contributed by atoms with van der Waals surface area (Å²) in [6, 6.07) is 17.7. The number of thiazole rings is 1. The molecule has 1 amide bonds. The first-order chi connectivity index (χ1) is 12.8. The number of benzene rings is 2. The molecule has 0 fully saturated rings. The van der Waals surface area contributed by atoms with Gasteiger partial charge in [-0.25, -0.2) is 9.97 Å². The highest BCUT2D eigenvalue weighted by Gasteiger charge is 2.09. The minimum absolute atomic E-state index is 0.281. The summed E-state index contributed by atoms with van der Waals surface area (Å²) < 4.78 is 0. The fraction of sp³-hybridized carbons (Fsp3) is 0. The van der Waals surface area contributed by atoms with Crippen LogP contribution in [0.25, 0.3) is 21.8 Å². The van der Waals surface area contributed by atoms with E-state index in [-0.39, 0.29) is 11.6 Å². The van der Waals surface area contributed by atoms with E-state index in [4.69, 9.17) is 4.98 Å². The van der Waals surface area contributed by atoms with Gasteiger partial charge >= 0.3 is 0 Å². The van der Waals surface area contributed by atoms with Gasteiger partial charge in [0.25, 0.3) is 5.91 Å². The van der Waals surface area contributed by atoms with Gasteiger partial charge in [0.2, 0.25) is 0 Å². The van der Waals surface area contributed by atoms with E-state index in [1.807, 2.05) is 60.0 Å². The molecule has 6 heteroatoms. The molecule has 0 radical (unpaired) electrons. The summed E-state index contributed by atoms with van der Waals surface area (Å²) >= 11 is 1.61. The Hall–Kier alpha value is -3.38. The third kappa shape index (κ3) is 3.50. The third-order valence-corrected chi connectivity index (χ3v) is 4.65. The predicted octanol–water partition coefficient (Wildman–Crippen LogP) is 4.52. The van der Waals surface area contributed by atoms with E-state index < -0.39 is 0 Å². The zero-order valence-corrected chi connectivity index (χ0v) is 14.5. The maximum absolute atomic E-state index is 12.1. The molecule has 1 N–H and O–H groups in total. The van der Waals surface area contributed by atoms with Gasteiger partial charge in [-0.1, -0.05) is 42.5 Å². The first kappa shape index (κ1) is 16.1. The highest BCUT2D eigenvalue weighted by molar-refractivity contribution is 7.13. The van der Waals surface area contributed by atoms with E-state index in [1.54, 1.807) is 11.3 Å². The van der Waals surface area contributed by atoms with E-state index in [2.05, 4.69) is 15.3 Å². The molecule has 2 heterocycles. The molecule has 0 bridgehead atoms. The molecule has 2 aromatic heterocycles. The molecule has 0 aliphatic rings. The molecule has 4 rings (SSSR count). The van der Waals surface area contributed by atoms with Crippen molar-refractivity contribution >= 4 is 22.9 Å². The van der Waals surface area contributed by atoms with Crippen LogP contribution in [0.15, 0.2) is 78.6 Å². The molecular formula is C20H14N4OS. The zero-order valence-electron chi connectivity index (χ0n) is 13.7. The Bertz CT molecular complexity index is 1010. The number of nitrogens with one attached hydrogen (secondary N) is 1. The fourth-order valence-corrected chi connectivity index (χ4v) is 3.29. The summed E-state index contributed by atoms with van der Waals surface area (Å²) in [5.74, 6) is -0.286. The molecule has 0 saturated heterocycles. The number of rotatable bonds is 4. The molecule has 126 valence electrons. The summed E-state index contributed by atoms with van der Waals surface area (Å²) in [6.07, 6.45) is 4.46. The number of nitrogens with zero attached hydrogens (tertiary/aromatic N) is 3. The smallest absolute Gasteiger partial charge is 0.275 e. The number of aromatic nitrogens is 3. The average Bonchev–Trinajstić information content (AvgIpc) is 3.20. The summed E-state index contributed by atoms with van der Waals surface area (Å²) in [5.41, 5.74) is 4.00. The van der Waals surface area contributed by atoms with Gasteiger partial charge in [-0.2, -0.15) is 0 Å². The van der Waals surface area contributed by atoms with Crippen molar-refractivity contribution in [1.82, 2.24) is 15.0 Å². The molecule has 26 heavy (non-hydrogen) atoms. The van der Waals surface area contributed by atoms with Crippen LogP contribution in [0.4, 0.5) is 5.69 Å². The van der Waals surface area contributed by atoms with E-state index >= 15 is 0 Å². The number of anilines is 1. The van der Waals surface area contributed by atoms with E-state index in [0.717, 1.165) is 21.8 Å². The molecule has 0 saturated carbocycles. The standard InChI is InChI=1S/C20H14N4OS/c25-19(17-12-21-10-11-22-17)23-16-8-6-14(7-9-16)18-13-26-20(24-18)15-4-2-1-3-5-15/h1-13H,(H,23,25). The summed E-state index contributed by atoms with van der Waals surface area (Å²) in [6.45, 7) is 0. The van der Waals surface area contributed by atoms with Crippen molar-refractivity contribution in [3.05, 3.63) is 84.3 Å². The lowest BCUT2D eigenvalue weighted by Crippen LogP contribution is -2.13. The van der Waals surface area contributed by atoms with E-state index in [1.165, 1.54) is 18.6 Å². The van der Waals surface area contributed by atoms with Gasteiger partial charge in [0.15, 0.2) is 0 Å². The van der Waals surface area contributed by atoms with Gasteiger partial charge in [0.05, 0.1) is 11.9 Å². The molecule has 0 spiro atoms. The van der Waals surface area contributed by atoms with E-state index in [0.29, 0.717) is 5.69 Å². The minimum Gasteiger partial charge on any atom is -0.321 e. The van der Waals surface area contributed by atoms with Crippen molar-refractivity contribution in [2.24, 2.45) is 0 Å². The van der Waals surface area contributed by atoms with Crippen molar-refractivity contribution in [2.45, 2.75) is 0 Å². The lowest BCUT2D eigenvalue weighted by atomic mass is 10.1. The highest BCUT2D eigenvalue weighted by atomic mass is 32.1. The van der Waals surface area contributed by atoms with Gasteiger partial charge in [-0.3, -0.25) is 9.78 Å². The number of carbonyl (C=O) groups is 1. The number of amides is 1. The normalized spacial score (nSPS) is 10.5. The maximum Gasteiger partial charge on any atom is 0.275 e. The first-order valence-electron chi connectivity index (χ1n) is 7.98. The minimum atomic E-state index is -0.286. The predicted molar refractivity (Wildman–Crippen MR) is 103 cm³/mol. The number of hydrogen-bond donors (Lipinski definition) is 1. The second-order valence-electron chi connectivity index (χ2n) is 5.53. The number of carbonyl (C=O) groups excluding carboxylic acids is 1. The molecule has 0 aliphatic heterocycles. The molecule has 0 aliphatic carbocycles. The van der Waals surface area contributed by atoms with Crippen molar-refractivity contribution < 1.29 is 4.79 Å². The Labute approximate surface area is 154 Å². The van der Waals surface area contributed by atoms with Gasteiger partial charge in [0.1, 0.15) is 10.7 Å². The summed E-state index contributed by atoms with van der Waals surface area (Å²) in [4.78, 5) is 24.7. The Balaban J connectivity index is 1.50. The first-order valence-corrected chi connectivity index (χ1v) is 8.86. The van der Waals surface area contributed by atoms with Gasteiger partial charge < -0.3 is 5.32 Å².